The molecule has 1 aliphatic heterocycles. The van der Waals surface area contributed by atoms with E-state index in [2.05, 4.69) is 43.0 Å². The number of hydrogen-bond acceptors (Lipinski definition) is 9. The van der Waals surface area contributed by atoms with E-state index in [-0.39, 0.29) is 17.6 Å². The van der Waals surface area contributed by atoms with Crippen molar-refractivity contribution in [3.8, 4) is 0 Å². The molecule has 1 fully saturated rings. The average Bonchev–Trinajstić information content (AvgIpc) is 3.42. The standard InChI is InChI=1S/C21H26N8O2S2/c1-14-7-9-29(10-8-14)11-17-12-32-20(23-17)24-19(31)15-3-5-16(6-4-15)22-18(30)13-33-21-25-26-27-28(21)2/h3-6,12,14H,7-11,13H2,1-2H3,(H,22,30)(H,23,24,31). The Hall–Kier alpha value is -2.83. The zero-order valence-corrected chi connectivity index (χ0v) is 20.2. The van der Waals surface area contributed by atoms with Gasteiger partial charge in [-0.1, -0.05) is 18.7 Å². The average molecular weight is 487 g/mol. The van der Waals surface area contributed by atoms with Crippen LogP contribution in [-0.2, 0) is 18.4 Å². The van der Waals surface area contributed by atoms with Crippen LogP contribution in [0.4, 0.5) is 10.8 Å². The van der Waals surface area contributed by atoms with Crippen molar-refractivity contribution < 1.29 is 9.59 Å². The Morgan fingerprint density at radius 2 is 1.94 bits per heavy atom. The number of anilines is 2. The normalized spacial score (nSPS) is 14.8. The van der Waals surface area contributed by atoms with E-state index in [1.54, 1.807) is 31.3 Å². The minimum Gasteiger partial charge on any atom is -0.325 e. The highest BCUT2D eigenvalue weighted by atomic mass is 32.2. The number of rotatable bonds is 8. The number of aromatic nitrogens is 5. The number of thioether (sulfide) groups is 1. The molecular weight excluding hydrogens is 460 g/mol. The van der Waals surface area contributed by atoms with Crippen LogP contribution in [0.25, 0.3) is 0 Å². The van der Waals surface area contributed by atoms with Crippen molar-refractivity contribution in [1.29, 1.82) is 0 Å². The molecule has 0 bridgehead atoms. The Bertz CT molecular complexity index is 1090. The molecule has 0 saturated carbocycles. The highest BCUT2D eigenvalue weighted by molar-refractivity contribution is 7.99. The molecule has 0 aliphatic carbocycles. The zero-order valence-electron chi connectivity index (χ0n) is 18.5. The Morgan fingerprint density at radius 3 is 2.64 bits per heavy atom. The summed E-state index contributed by atoms with van der Waals surface area (Å²) in [4.78, 5) is 31.7. The van der Waals surface area contributed by atoms with E-state index >= 15 is 0 Å². The van der Waals surface area contributed by atoms with Gasteiger partial charge in [0, 0.05) is 30.2 Å². The van der Waals surface area contributed by atoms with Crippen LogP contribution in [0.15, 0.2) is 34.8 Å². The molecule has 4 rings (SSSR count). The number of carbonyl (C=O) groups excluding carboxylic acids is 2. The van der Waals surface area contributed by atoms with Crippen LogP contribution in [0.5, 0.6) is 0 Å². The van der Waals surface area contributed by atoms with E-state index in [4.69, 9.17) is 0 Å². The van der Waals surface area contributed by atoms with Crippen molar-refractivity contribution in [2.24, 2.45) is 13.0 Å². The van der Waals surface area contributed by atoms with Gasteiger partial charge in [0.15, 0.2) is 5.13 Å². The molecule has 33 heavy (non-hydrogen) atoms. The van der Waals surface area contributed by atoms with E-state index in [0.29, 0.717) is 21.5 Å². The number of nitrogens with zero attached hydrogens (tertiary/aromatic N) is 6. The van der Waals surface area contributed by atoms with Gasteiger partial charge in [0.1, 0.15) is 0 Å². The third-order valence-electron chi connectivity index (χ3n) is 5.38. The van der Waals surface area contributed by atoms with E-state index in [9.17, 15) is 9.59 Å². The minimum atomic E-state index is -0.231. The van der Waals surface area contributed by atoms with Gasteiger partial charge in [-0.2, -0.15) is 0 Å². The summed E-state index contributed by atoms with van der Waals surface area (Å²) >= 11 is 2.68. The summed E-state index contributed by atoms with van der Waals surface area (Å²) in [5.74, 6) is 0.565. The smallest absolute Gasteiger partial charge is 0.257 e. The van der Waals surface area contributed by atoms with Crippen molar-refractivity contribution >= 4 is 45.7 Å². The van der Waals surface area contributed by atoms with E-state index in [1.807, 2.05) is 5.38 Å². The van der Waals surface area contributed by atoms with Crippen molar-refractivity contribution in [1.82, 2.24) is 30.1 Å². The quantitative estimate of drug-likeness (QED) is 0.467. The van der Waals surface area contributed by atoms with Crippen LogP contribution in [0.1, 0.15) is 35.8 Å². The fourth-order valence-electron chi connectivity index (χ4n) is 3.43. The number of hydrogen-bond donors (Lipinski definition) is 2. The summed E-state index contributed by atoms with van der Waals surface area (Å²) in [7, 11) is 1.71. The number of piperidine rings is 1. The van der Waals surface area contributed by atoms with Crippen molar-refractivity contribution in [2.75, 3.05) is 29.5 Å². The minimum absolute atomic E-state index is 0.180. The molecule has 2 amide bonds. The Labute approximate surface area is 200 Å². The van der Waals surface area contributed by atoms with Crippen LogP contribution in [-0.4, -0.2) is 60.7 Å². The Morgan fingerprint density at radius 1 is 1.18 bits per heavy atom. The summed E-state index contributed by atoms with van der Waals surface area (Å²) in [6.07, 6.45) is 2.45. The number of thiazole rings is 1. The van der Waals surface area contributed by atoms with Gasteiger partial charge in [-0.05, 0) is 66.5 Å². The number of aryl methyl sites for hydroxylation is 1. The number of carbonyl (C=O) groups is 2. The summed E-state index contributed by atoms with van der Waals surface area (Å²) in [5.41, 5.74) is 2.09. The van der Waals surface area contributed by atoms with Crippen molar-refractivity contribution in [3.63, 3.8) is 0 Å². The Balaban J connectivity index is 1.25. The number of likely N-dealkylation sites (tertiary alicyclic amines) is 1. The molecule has 1 saturated heterocycles. The Kier molecular flexibility index (Phi) is 7.68. The van der Waals surface area contributed by atoms with E-state index in [0.717, 1.165) is 31.2 Å². The van der Waals surface area contributed by atoms with E-state index < -0.39 is 0 Å². The first-order chi connectivity index (χ1) is 16.0. The molecule has 3 heterocycles. The van der Waals surface area contributed by atoms with Gasteiger partial charge in [0.25, 0.3) is 5.91 Å². The molecule has 0 atom stereocenters. The lowest BCUT2D eigenvalue weighted by atomic mass is 9.99. The van der Waals surface area contributed by atoms with Crippen LogP contribution in [0.2, 0.25) is 0 Å². The molecule has 2 N–H and O–H groups in total. The van der Waals surface area contributed by atoms with Crippen molar-refractivity contribution in [2.45, 2.75) is 31.5 Å². The van der Waals surface area contributed by atoms with E-state index in [1.165, 1.54) is 40.6 Å². The molecule has 174 valence electrons. The zero-order chi connectivity index (χ0) is 23.2. The highest BCUT2D eigenvalue weighted by Gasteiger charge is 2.17. The molecule has 3 aromatic rings. The maximum atomic E-state index is 12.6. The first-order valence-corrected chi connectivity index (χ1v) is 12.6. The maximum Gasteiger partial charge on any atom is 0.257 e. The van der Waals surface area contributed by atoms with Gasteiger partial charge in [-0.25, -0.2) is 9.67 Å². The molecule has 10 nitrogen and oxygen atoms in total. The van der Waals surface area contributed by atoms with Crippen LogP contribution >= 0.6 is 23.1 Å². The van der Waals surface area contributed by atoms with Gasteiger partial charge in [-0.3, -0.25) is 19.8 Å². The molecule has 2 aromatic heterocycles. The number of tetrazole rings is 1. The first-order valence-electron chi connectivity index (χ1n) is 10.7. The van der Waals surface area contributed by atoms with Crippen LogP contribution < -0.4 is 10.6 Å². The lowest BCUT2D eigenvalue weighted by molar-refractivity contribution is -0.113. The van der Waals surface area contributed by atoms with Gasteiger partial charge < -0.3 is 5.32 Å². The number of amides is 2. The largest absolute Gasteiger partial charge is 0.325 e. The number of nitrogens with one attached hydrogen (secondary N) is 2. The molecule has 1 aromatic carbocycles. The molecule has 1 aliphatic rings. The predicted octanol–water partition coefficient (Wildman–Crippen LogP) is 2.88. The fraction of sp³-hybridized carbons (Fsp3) is 0.429. The lowest BCUT2D eigenvalue weighted by Gasteiger charge is -2.29. The molecule has 12 heteroatoms. The molecule has 0 unspecified atom stereocenters. The van der Waals surface area contributed by atoms with Gasteiger partial charge in [-0.15, -0.1) is 16.4 Å². The second kappa shape index (κ2) is 10.9. The van der Waals surface area contributed by atoms with Crippen LogP contribution in [0, 0.1) is 5.92 Å². The second-order valence-corrected chi connectivity index (χ2v) is 9.86. The maximum absolute atomic E-state index is 12.6. The highest BCUT2D eigenvalue weighted by Crippen LogP contribution is 2.22. The summed E-state index contributed by atoms with van der Waals surface area (Å²) < 4.78 is 1.50. The van der Waals surface area contributed by atoms with Crippen LogP contribution in [0.3, 0.4) is 0 Å². The van der Waals surface area contributed by atoms with Gasteiger partial charge >= 0.3 is 0 Å². The number of benzene rings is 1. The monoisotopic (exact) mass is 486 g/mol. The predicted molar refractivity (Wildman–Crippen MR) is 128 cm³/mol. The molecular formula is C21H26N8O2S2. The van der Waals surface area contributed by atoms with Gasteiger partial charge in [0.2, 0.25) is 11.1 Å². The second-order valence-electron chi connectivity index (χ2n) is 8.06. The molecule has 0 radical (unpaired) electrons. The topological polar surface area (TPSA) is 118 Å². The SMILES string of the molecule is CC1CCN(Cc2csc(NC(=O)c3ccc(NC(=O)CSc4nnnn4C)cc3)n2)CC1. The summed E-state index contributed by atoms with van der Waals surface area (Å²) in [6, 6.07) is 6.75. The summed E-state index contributed by atoms with van der Waals surface area (Å²) in [6.45, 7) is 5.31. The van der Waals surface area contributed by atoms with Crippen molar-refractivity contribution in [3.05, 3.63) is 40.9 Å². The van der Waals surface area contributed by atoms with Gasteiger partial charge in [0.05, 0.1) is 11.4 Å². The molecule has 0 spiro atoms. The third kappa shape index (κ3) is 6.59. The lowest BCUT2D eigenvalue weighted by Crippen LogP contribution is -2.32. The first kappa shape index (κ1) is 23.3. The fourth-order valence-corrected chi connectivity index (χ4v) is 4.78. The summed E-state index contributed by atoms with van der Waals surface area (Å²) in [5, 5.41) is 19.9. The third-order valence-corrected chi connectivity index (χ3v) is 7.20.